The van der Waals surface area contributed by atoms with E-state index in [0.29, 0.717) is 5.56 Å². The van der Waals surface area contributed by atoms with Gasteiger partial charge in [-0.1, -0.05) is 17.0 Å². The first kappa shape index (κ1) is 12.1. The number of hydrogen-bond donors (Lipinski definition) is 1. The molecule has 1 aromatic rings. The largest absolute Gasteiger partial charge is 0.238 e. The van der Waals surface area contributed by atoms with E-state index in [9.17, 15) is 8.42 Å². The molecular weight excluding hydrogens is 228 g/mol. The van der Waals surface area contributed by atoms with Crippen LogP contribution in [0.1, 0.15) is 5.56 Å². The molecule has 0 heterocycles. The standard InChI is InChI=1S/C9H8N4O2S/c10-13-12-7-1-2-8-3-5-9(6-4-8)16(11,14)15/h3-6H,7H2,(H2,11,14,15). The molecule has 0 atom stereocenters. The first-order chi connectivity index (χ1) is 7.54. The number of nitrogens with two attached hydrogens (primary N) is 1. The normalized spacial score (nSPS) is 9.81. The highest BCUT2D eigenvalue weighted by Crippen LogP contribution is 2.07. The van der Waals surface area contributed by atoms with Crippen LogP contribution in [-0.2, 0) is 10.0 Å². The topological polar surface area (TPSA) is 109 Å². The lowest BCUT2D eigenvalue weighted by Gasteiger charge is -1.96. The molecule has 0 spiro atoms. The molecule has 6 nitrogen and oxygen atoms in total. The molecule has 0 aliphatic carbocycles. The minimum absolute atomic E-state index is 0.0353. The number of hydrogen-bond acceptors (Lipinski definition) is 3. The van der Waals surface area contributed by atoms with E-state index >= 15 is 0 Å². The Hall–Kier alpha value is -2.00. The molecule has 82 valence electrons. The minimum Gasteiger partial charge on any atom is -0.225 e. The molecule has 0 aromatic heterocycles. The van der Waals surface area contributed by atoms with E-state index in [0.717, 1.165) is 0 Å². The van der Waals surface area contributed by atoms with Gasteiger partial charge in [0, 0.05) is 10.5 Å². The molecule has 7 heteroatoms. The average molecular weight is 236 g/mol. The zero-order valence-corrected chi connectivity index (χ0v) is 8.98. The SMILES string of the molecule is [N-]=[N+]=NCC#Cc1ccc(S(N)(=O)=O)cc1. The van der Waals surface area contributed by atoms with Crippen molar-refractivity contribution in [1.29, 1.82) is 0 Å². The van der Waals surface area contributed by atoms with Crippen molar-refractivity contribution >= 4 is 10.0 Å². The molecule has 0 radical (unpaired) electrons. The smallest absolute Gasteiger partial charge is 0.225 e. The summed E-state index contributed by atoms with van der Waals surface area (Å²) in [6.45, 7) is 0.0768. The Balaban J connectivity index is 2.86. The number of azide groups is 1. The van der Waals surface area contributed by atoms with E-state index in [1.54, 1.807) is 0 Å². The van der Waals surface area contributed by atoms with Gasteiger partial charge >= 0.3 is 0 Å². The third-order valence-electron chi connectivity index (χ3n) is 1.63. The van der Waals surface area contributed by atoms with E-state index < -0.39 is 10.0 Å². The lowest BCUT2D eigenvalue weighted by molar-refractivity contribution is 0.598. The molecule has 0 aliphatic rings. The average Bonchev–Trinajstić information content (AvgIpc) is 2.24. The van der Waals surface area contributed by atoms with Crippen LogP contribution in [0.5, 0.6) is 0 Å². The zero-order valence-electron chi connectivity index (χ0n) is 8.16. The fourth-order valence-corrected chi connectivity index (χ4v) is 1.45. The van der Waals surface area contributed by atoms with Crippen LogP contribution in [0.15, 0.2) is 34.3 Å². The Morgan fingerprint density at radius 3 is 2.50 bits per heavy atom. The van der Waals surface area contributed by atoms with Crippen molar-refractivity contribution in [2.24, 2.45) is 10.3 Å². The van der Waals surface area contributed by atoms with Crippen LogP contribution in [0.3, 0.4) is 0 Å². The van der Waals surface area contributed by atoms with Crippen LogP contribution < -0.4 is 5.14 Å². The number of rotatable bonds is 2. The number of nitrogens with zero attached hydrogens (tertiary/aromatic N) is 3. The Kier molecular flexibility index (Phi) is 3.91. The van der Waals surface area contributed by atoms with Crippen molar-refractivity contribution in [3.63, 3.8) is 0 Å². The van der Waals surface area contributed by atoms with Gasteiger partial charge in [0.25, 0.3) is 0 Å². The van der Waals surface area contributed by atoms with Crippen LogP contribution in [-0.4, -0.2) is 15.0 Å². The Morgan fingerprint density at radius 1 is 1.38 bits per heavy atom. The van der Waals surface area contributed by atoms with E-state index in [4.69, 9.17) is 10.7 Å². The van der Waals surface area contributed by atoms with Gasteiger partial charge in [-0.2, -0.15) is 0 Å². The summed E-state index contributed by atoms with van der Waals surface area (Å²) in [5.41, 5.74) is 8.62. The van der Waals surface area contributed by atoms with E-state index in [2.05, 4.69) is 21.9 Å². The second-order valence-corrected chi connectivity index (χ2v) is 4.32. The van der Waals surface area contributed by atoms with Crippen LogP contribution in [0.2, 0.25) is 0 Å². The summed E-state index contributed by atoms with van der Waals surface area (Å²) >= 11 is 0. The molecule has 0 fully saturated rings. The van der Waals surface area contributed by atoms with Crippen LogP contribution in [0.4, 0.5) is 0 Å². The second-order valence-electron chi connectivity index (χ2n) is 2.76. The van der Waals surface area contributed by atoms with Crippen molar-refractivity contribution in [3.05, 3.63) is 40.3 Å². The maximum atomic E-state index is 10.9. The van der Waals surface area contributed by atoms with Gasteiger partial charge in [-0.25, -0.2) is 13.6 Å². The Labute approximate surface area is 92.8 Å². The highest BCUT2D eigenvalue weighted by atomic mass is 32.2. The maximum absolute atomic E-state index is 10.9. The molecule has 0 amide bonds. The third-order valence-corrected chi connectivity index (χ3v) is 2.56. The third kappa shape index (κ3) is 3.63. The highest BCUT2D eigenvalue weighted by Gasteiger charge is 2.05. The van der Waals surface area contributed by atoms with Crippen LogP contribution in [0, 0.1) is 11.8 Å². The van der Waals surface area contributed by atoms with Gasteiger partial charge < -0.3 is 0 Å². The fourth-order valence-electron chi connectivity index (χ4n) is 0.937. The summed E-state index contributed by atoms with van der Waals surface area (Å²) in [5.74, 6) is 5.32. The Bertz CT molecular complexity index is 574. The highest BCUT2D eigenvalue weighted by molar-refractivity contribution is 7.89. The molecule has 1 rings (SSSR count). The summed E-state index contributed by atoms with van der Waals surface area (Å²) in [4.78, 5) is 2.58. The first-order valence-corrected chi connectivity index (χ1v) is 5.71. The molecular formula is C9H8N4O2S. The molecule has 16 heavy (non-hydrogen) atoms. The van der Waals surface area contributed by atoms with Gasteiger partial charge in [-0.05, 0) is 29.8 Å². The van der Waals surface area contributed by atoms with Crippen LogP contribution >= 0.6 is 0 Å². The summed E-state index contributed by atoms with van der Waals surface area (Å²) < 4.78 is 21.9. The fraction of sp³-hybridized carbons (Fsp3) is 0.111. The molecule has 2 N–H and O–H groups in total. The van der Waals surface area contributed by atoms with E-state index in [1.165, 1.54) is 24.3 Å². The second kappa shape index (κ2) is 5.19. The number of benzene rings is 1. The summed E-state index contributed by atoms with van der Waals surface area (Å²) in [5, 5.41) is 8.16. The molecule has 0 saturated carbocycles. The monoisotopic (exact) mass is 236 g/mol. The predicted octanol–water partition coefficient (Wildman–Crippen LogP) is 0.996. The van der Waals surface area contributed by atoms with Crippen molar-refractivity contribution in [3.8, 4) is 11.8 Å². The predicted molar refractivity (Wildman–Crippen MR) is 58.7 cm³/mol. The first-order valence-electron chi connectivity index (χ1n) is 4.16. The zero-order chi connectivity index (χ0) is 12.0. The Morgan fingerprint density at radius 2 is 2.00 bits per heavy atom. The van der Waals surface area contributed by atoms with Crippen molar-refractivity contribution < 1.29 is 8.42 Å². The quantitative estimate of drug-likeness (QED) is 0.357. The molecule has 0 unspecified atom stereocenters. The van der Waals surface area contributed by atoms with E-state index in [1.807, 2.05) is 0 Å². The molecule has 0 aliphatic heterocycles. The van der Waals surface area contributed by atoms with Crippen molar-refractivity contribution in [1.82, 2.24) is 0 Å². The number of sulfonamides is 1. The molecule has 1 aromatic carbocycles. The van der Waals surface area contributed by atoms with Gasteiger partial charge in [0.1, 0.15) is 0 Å². The lowest BCUT2D eigenvalue weighted by atomic mass is 10.2. The molecule has 0 bridgehead atoms. The summed E-state index contributed by atoms with van der Waals surface area (Å²) in [6, 6.07) is 5.80. The van der Waals surface area contributed by atoms with Crippen molar-refractivity contribution in [2.45, 2.75) is 4.90 Å². The van der Waals surface area contributed by atoms with E-state index in [-0.39, 0.29) is 11.4 Å². The van der Waals surface area contributed by atoms with Gasteiger partial charge in [0.15, 0.2) is 0 Å². The summed E-state index contributed by atoms with van der Waals surface area (Å²) in [7, 11) is -3.66. The minimum atomic E-state index is -3.66. The van der Waals surface area contributed by atoms with Crippen molar-refractivity contribution in [2.75, 3.05) is 6.54 Å². The van der Waals surface area contributed by atoms with Gasteiger partial charge in [0.05, 0.1) is 11.4 Å². The van der Waals surface area contributed by atoms with Gasteiger partial charge in [0.2, 0.25) is 10.0 Å². The van der Waals surface area contributed by atoms with Gasteiger partial charge in [-0.15, -0.1) is 0 Å². The number of primary sulfonamides is 1. The maximum Gasteiger partial charge on any atom is 0.238 e. The van der Waals surface area contributed by atoms with Crippen LogP contribution in [0.25, 0.3) is 10.4 Å². The van der Waals surface area contributed by atoms with Gasteiger partial charge in [-0.3, -0.25) is 0 Å². The molecule has 0 saturated heterocycles. The summed E-state index contributed by atoms with van der Waals surface area (Å²) in [6.07, 6.45) is 0. The lowest BCUT2D eigenvalue weighted by Crippen LogP contribution is -2.11.